The van der Waals surface area contributed by atoms with Gasteiger partial charge in [-0.1, -0.05) is 19.8 Å². The minimum atomic E-state index is -0.274. The number of piperidine rings is 1. The summed E-state index contributed by atoms with van der Waals surface area (Å²) in [5, 5.41) is 3.30. The van der Waals surface area contributed by atoms with E-state index < -0.39 is 0 Å². The molecule has 5 nitrogen and oxygen atoms in total. The Hall–Kier alpha value is -1.49. The van der Waals surface area contributed by atoms with Crippen molar-refractivity contribution in [3.05, 3.63) is 23.8 Å². The number of hydrogen-bond acceptors (Lipinski definition) is 4. The summed E-state index contributed by atoms with van der Waals surface area (Å²) in [6, 6.07) is 0.402. The maximum absolute atomic E-state index is 12.8. The van der Waals surface area contributed by atoms with Crippen LogP contribution in [0.2, 0.25) is 0 Å². The average Bonchev–Trinajstić information content (AvgIpc) is 3.10. The monoisotopic (exact) mass is 344 g/mol. The molecule has 25 heavy (non-hydrogen) atoms. The van der Waals surface area contributed by atoms with E-state index in [0.29, 0.717) is 6.04 Å². The normalized spacial score (nSPS) is 25.2. The van der Waals surface area contributed by atoms with Gasteiger partial charge in [0.15, 0.2) is 0 Å². The quantitative estimate of drug-likeness (QED) is 0.861. The lowest BCUT2D eigenvalue weighted by Gasteiger charge is -2.39. The van der Waals surface area contributed by atoms with Crippen LogP contribution >= 0.6 is 0 Å². The van der Waals surface area contributed by atoms with Gasteiger partial charge >= 0.3 is 0 Å². The maximum atomic E-state index is 12.8. The van der Waals surface area contributed by atoms with Crippen molar-refractivity contribution in [1.29, 1.82) is 0 Å². The topological polar surface area (TPSA) is 58.1 Å². The van der Waals surface area contributed by atoms with Crippen LogP contribution in [0.4, 0.5) is 0 Å². The van der Waals surface area contributed by atoms with Crippen LogP contribution in [0.3, 0.4) is 0 Å². The summed E-state index contributed by atoms with van der Waals surface area (Å²) in [7, 11) is 0. The highest BCUT2D eigenvalue weighted by Gasteiger charge is 2.38. The van der Waals surface area contributed by atoms with Crippen LogP contribution in [0.15, 0.2) is 12.4 Å². The summed E-state index contributed by atoms with van der Waals surface area (Å²) in [4.78, 5) is 24.1. The molecule has 1 atom stereocenters. The van der Waals surface area contributed by atoms with Gasteiger partial charge in [0.05, 0.1) is 5.41 Å². The van der Waals surface area contributed by atoms with Crippen molar-refractivity contribution >= 4 is 5.91 Å². The molecule has 1 aromatic heterocycles. The Morgan fingerprint density at radius 2 is 2.00 bits per heavy atom. The van der Waals surface area contributed by atoms with Crippen molar-refractivity contribution in [3.63, 3.8) is 0 Å². The zero-order chi connectivity index (χ0) is 17.7. The van der Waals surface area contributed by atoms with Crippen molar-refractivity contribution in [1.82, 2.24) is 20.2 Å². The Labute approximate surface area is 151 Å². The summed E-state index contributed by atoms with van der Waals surface area (Å²) in [5.41, 5.74) is 0.865. The van der Waals surface area contributed by atoms with Crippen LogP contribution in [-0.4, -0.2) is 39.9 Å². The second-order valence-corrected chi connectivity index (χ2v) is 8.09. The molecule has 3 rings (SSSR count). The molecule has 138 valence electrons. The highest BCUT2D eigenvalue weighted by Crippen LogP contribution is 2.31. The number of rotatable bonds is 6. The van der Waals surface area contributed by atoms with Crippen LogP contribution in [0.5, 0.6) is 0 Å². The number of likely N-dealkylation sites (tertiary alicyclic amines) is 1. The SMILES string of the molecule is CCCc1ncc(CN2CCC[C@](C)(C(=O)NC3CCCC3)C2)cn1. The zero-order valence-electron chi connectivity index (χ0n) is 15.8. The van der Waals surface area contributed by atoms with Gasteiger partial charge in [0.2, 0.25) is 5.91 Å². The van der Waals surface area contributed by atoms with E-state index in [2.05, 4.69) is 34.0 Å². The van der Waals surface area contributed by atoms with Crippen molar-refractivity contribution in [2.75, 3.05) is 13.1 Å². The summed E-state index contributed by atoms with van der Waals surface area (Å²) in [6.45, 7) is 6.97. The maximum Gasteiger partial charge on any atom is 0.227 e. The fraction of sp³-hybridized carbons (Fsp3) is 0.750. The molecule has 1 N–H and O–H groups in total. The van der Waals surface area contributed by atoms with E-state index in [1.54, 1.807) is 0 Å². The van der Waals surface area contributed by atoms with Crippen molar-refractivity contribution in [2.45, 2.75) is 77.8 Å². The zero-order valence-corrected chi connectivity index (χ0v) is 15.8. The number of aryl methyl sites for hydroxylation is 1. The van der Waals surface area contributed by atoms with Gasteiger partial charge in [0, 0.05) is 43.5 Å². The molecule has 1 saturated carbocycles. The minimum Gasteiger partial charge on any atom is -0.353 e. The molecule has 2 heterocycles. The molecule has 0 unspecified atom stereocenters. The number of nitrogens with zero attached hydrogens (tertiary/aromatic N) is 3. The summed E-state index contributed by atoms with van der Waals surface area (Å²) in [6.07, 6.45) is 12.7. The standard InChI is InChI=1S/C20H32N4O/c1-3-7-18-21-12-16(13-22-18)14-24-11-6-10-20(2,15-24)19(25)23-17-8-4-5-9-17/h12-13,17H,3-11,14-15H2,1-2H3,(H,23,25)/t20-/m0/s1. The molecule has 0 spiro atoms. The van der Waals surface area contributed by atoms with Crippen LogP contribution in [-0.2, 0) is 17.8 Å². The third-order valence-corrected chi connectivity index (χ3v) is 5.65. The van der Waals surface area contributed by atoms with Gasteiger partial charge in [-0.15, -0.1) is 0 Å². The number of carbonyl (C=O) groups is 1. The third kappa shape index (κ3) is 4.78. The van der Waals surface area contributed by atoms with E-state index in [1.165, 1.54) is 12.8 Å². The van der Waals surface area contributed by atoms with Gasteiger partial charge in [-0.2, -0.15) is 0 Å². The van der Waals surface area contributed by atoms with Crippen LogP contribution < -0.4 is 5.32 Å². The first-order valence-electron chi connectivity index (χ1n) is 9.92. The fourth-order valence-corrected chi connectivity index (χ4v) is 4.17. The second-order valence-electron chi connectivity index (χ2n) is 8.09. The average molecular weight is 345 g/mol. The molecule has 1 aliphatic heterocycles. The number of nitrogens with one attached hydrogen (secondary N) is 1. The van der Waals surface area contributed by atoms with Gasteiger partial charge in [-0.05, 0) is 45.6 Å². The first kappa shape index (κ1) is 18.3. The van der Waals surface area contributed by atoms with E-state index in [0.717, 1.165) is 69.5 Å². The lowest BCUT2D eigenvalue weighted by molar-refractivity contribution is -0.134. The largest absolute Gasteiger partial charge is 0.353 e. The lowest BCUT2D eigenvalue weighted by atomic mass is 9.80. The first-order valence-corrected chi connectivity index (χ1v) is 9.92. The van der Waals surface area contributed by atoms with E-state index in [-0.39, 0.29) is 11.3 Å². The summed E-state index contributed by atoms with van der Waals surface area (Å²) in [5.74, 6) is 1.17. The van der Waals surface area contributed by atoms with Crippen LogP contribution in [0, 0.1) is 5.41 Å². The molecular weight excluding hydrogens is 312 g/mol. The lowest BCUT2D eigenvalue weighted by Crippen LogP contribution is -2.51. The Morgan fingerprint density at radius 3 is 2.68 bits per heavy atom. The van der Waals surface area contributed by atoms with Gasteiger partial charge in [-0.3, -0.25) is 9.69 Å². The van der Waals surface area contributed by atoms with Crippen LogP contribution in [0.1, 0.15) is 70.2 Å². The van der Waals surface area contributed by atoms with Crippen LogP contribution in [0.25, 0.3) is 0 Å². The van der Waals surface area contributed by atoms with Crippen molar-refractivity contribution in [3.8, 4) is 0 Å². The molecule has 1 saturated heterocycles. The van der Waals surface area contributed by atoms with Crippen molar-refractivity contribution < 1.29 is 4.79 Å². The summed E-state index contributed by atoms with van der Waals surface area (Å²) < 4.78 is 0. The van der Waals surface area contributed by atoms with E-state index in [1.807, 2.05) is 12.4 Å². The molecule has 2 fully saturated rings. The number of amides is 1. The third-order valence-electron chi connectivity index (χ3n) is 5.65. The molecule has 1 aromatic rings. The molecule has 1 amide bonds. The Morgan fingerprint density at radius 1 is 1.28 bits per heavy atom. The molecular formula is C20H32N4O. The Balaban J connectivity index is 1.56. The predicted octanol–water partition coefficient (Wildman–Crippen LogP) is 3.09. The summed E-state index contributed by atoms with van der Waals surface area (Å²) >= 11 is 0. The Bertz CT molecular complexity index is 568. The highest BCUT2D eigenvalue weighted by molar-refractivity contribution is 5.82. The van der Waals surface area contributed by atoms with E-state index in [4.69, 9.17) is 0 Å². The smallest absolute Gasteiger partial charge is 0.227 e. The fourth-order valence-electron chi connectivity index (χ4n) is 4.17. The van der Waals surface area contributed by atoms with E-state index in [9.17, 15) is 4.79 Å². The Kier molecular flexibility index (Phi) is 6.05. The first-order chi connectivity index (χ1) is 12.1. The predicted molar refractivity (Wildman–Crippen MR) is 99.0 cm³/mol. The molecule has 2 aliphatic rings. The van der Waals surface area contributed by atoms with Gasteiger partial charge in [-0.25, -0.2) is 9.97 Å². The number of hydrogen-bond donors (Lipinski definition) is 1. The second kappa shape index (κ2) is 8.26. The van der Waals surface area contributed by atoms with Gasteiger partial charge in [0.25, 0.3) is 0 Å². The minimum absolute atomic E-state index is 0.249. The van der Waals surface area contributed by atoms with Gasteiger partial charge in [0.1, 0.15) is 5.82 Å². The van der Waals surface area contributed by atoms with E-state index >= 15 is 0 Å². The number of carbonyl (C=O) groups excluding carboxylic acids is 1. The molecule has 0 radical (unpaired) electrons. The molecule has 0 aromatic carbocycles. The number of aromatic nitrogens is 2. The van der Waals surface area contributed by atoms with Gasteiger partial charge < -0.3 is 5.32 Å². The molecule has 1 aliphatic carbocycles. The highest BCUT2D eigenvalue weighted by atomic mass is 16.2. The molecule has 5 heteroatoms. The molecule has 0 bridgehead atoms. The van der Waals surface area contributed by atoms with Crippen molar-refractivity contribution in [2.24, 2.45) is 5.41 Å².